The van der Waals surface area contributed by atoms with Gasteiger partial charge >= 0.3 is 0 Å². The quantitative estimate of drug-likeness (QED) is 0.581. The zero-order valence-electron chi connectivity index (χ0n) is 19.5. The maximum atomic E-state index is 11.6. The van der Waals surface area contributed by atoms with E-state index in [9.17, 15) is 10.1 Å². The Morgan fingerprint density at radius 2 is 1.87 bits per heavy atom. The van der Waals surface area contributed by atoms with Crippen LogP contribution in [0, 0.1) is 11.3 Å². The number of fused-ring (bicyclic) bond motifs is 1. The van der Waals surface area contributed by atoms with Crippen molar-refractivity contribution < 1.29 is 4.79 Å². The molecule has 2 aromatic rings. The molecule has 5 nitrogen and oxygen atoms in total. The smallest absolute Gasteiger partial charge is 0.269 e. The number of nitriles is 1. The minimum Gasteiger partial charge on any atom is -0.374 e. The zero-order chi connectivity index (χ0) is 22.6. The number of hydrogen-bond donors (Lipinski definition) is 1. The molecule has 0 atom stereocenters. The molecule has 5 heteroatoms. The molecule has 1 aromatic carbocycles. The van der Waals surface area contributed by atoms with Gasteiger partial charge in [0.2, 0.25) is 0 Å². The summed E-state index contributed by atoms with van der Waals surface area (Å²) in [6.45, 7) is 5.53. The molecule has 2 heterocycles. The summed E-state index contributed by atoms with van der Waals surface area (Å²) in [6.07, 6.45) is 12.3. The molecule has 0 spiro atoms. The second-order valence-electron chi connectivity index (χ2n) is 8.09. The molecule has 0 bridgehead atoms. The Hall–Kier alpha value is -2.87. The molecular formula is C26H36N4O. The third kappa shape index (κ3) is 6.82. The highest BCUT2D eigenvalue weighted by Gasteiger charge is 2.18. The van der Waals surface area contributed by atoms with Crippen LogP contribution in [0.1, 0.15) is 80.4 Å². The number of anilines is 1. The standard InChI is InChI=1S/C18H18N4O.C8H18/c1-20-18(23)16-6-5-13(11-21-16)15-8-12-4-3-7-22(2)17(12)9-14(15)10-19;1-3-5-7-8-6-4-2/h5-6,8-9,11H,3-4,7H2,1-2H3,(H,20,23);3-8H2,1-2H3. The van der Waals surface area contributed by atoms with E-state index in [0.717, 1.165) is 36.2 Å². The molecule has 0 saturated heterocycles. The summed E-state index contributed by atoms with van der Waals surface area (Å²) in [5.41, 5.74) is 5.11. The first-order valence-corrected chi connectivity index (χ1v) is 11.5. The number of aryl methyl sites for hydroxylation is 1. The first-order valence-electron chi connectivity index (χ1n) is 11.5. The summed E-state index contributed by atoms with van der Waals surface area (Å²) >= 11 is 0. The minimum atomic E-state index is -0.218. The molecular weight excluding hydrogens is 384 g/mol. The van der Waals surface area contributed by atoms with Crippen LogP contribution in [0.4, 0.5) is 5.69 Å². The molecule has 1 aliphatic rings. The van der Waals surface area contributed by atoms with Gasteiger partial charge in [-0.25, -0.2) is 0 Å². The number of aromatic nitrogens is 1. The molecule has 0 aliphatic carbocycles. The maximum absolute atomic E-state index is 11.6. The number of carbonyl (C=O) groups excluding carboxylic acids is 1. The summed E-state index contributed by atoms with van der Waals surface area (Å²) in [7, 11) is 3.63. The predicted molar refractivity (Wildman–Crippen MR) is 128 cm³/mol. The molecule has 166 valence electrons. The van der Waals surface area contributed by atoms with E-state index in [1.54, 1.807) is 19.3 Å². The molecule has 1 aromatic heterocycles. The molecule has 0 unspecified atom stereocenters. The van der Waals surface area contributed by atoms with Crippen LogP contribution in [-0.2, 0) is 6.42 Å². The topological polar surface area (TPSA) is 69.0 Å². The second kappa shape index (κ2) is 12.7. The fourth-order valence-corrected chi connectivity index (χ4v) is 3.82. The monoisotopic (exact) mass is 420 g/mol. The summed E-state index contributed by atoms with van der Waals surface area (Å²) in [5, 5.41) is 12.0. The predicted octanol–water partition coefficient (Wildman–Crippen LogP) is 5.73. The SMILES string of the molecule is CCCCCCCC.CNC(=O)c1ccc(-c2cc3c(cc2C#N)N(C)CCC3)cn1. The lowest BCUT2D eigenvalue weighted by Gasteiger charge is -2.28. The number of hydrogen-bond acceptors (Lipinski definition) is 4. The van der Waals surface area contributed by atoms with Crippen molar-refractivity contribution in [3.63, 3.8) is 0 Å². The number of unbranched alkanes of at least 4 members (excludes halogenated alkanes) is 5. The van der Waals surface area contributed by atoms with E-state index in [-0.39, 0.29) is 5.91 Å². The van der Waals surface area contributed by atoms with E-state index in [1.807, 2.05) is 12.1 Å². The van der Waals surface area contributed by atoms with Gasteiger partial charge in [-0.3, -0.25) is 9.78 Å². The number of rotatable bonds is 7. The third-order valence-corrected chi connectivity index (χ3v) is 5.68. The summed E-state index contributed by atoms with van der Waals surface area (Å²) in [4.78, 5) is 18.0. The average Bonchev–Trinajstić information content (AvgIpc) is 2.81. The lowest BCUT2D eigenvalue weighted by molar-refractivity contribution is 0.0958. The Morgan fingerprint density at radius 3 is 2.42 bits per heavy atom. The fraction of sp³-hybridized carbons (Fsp3) is 0.500. The van der Waals surface area contributed by atoms with Gasteiger partial charge in [-0.05, 0) is 36.6 Å². The average molecular weight is 421 g/mol. The number of benzene rings is 1. The normalized spacial score (nSPS) is 12.3. The van der Waals surface area contributed by atoms with Crippen LogP contribution in [-0.4, -0.2) is 31.5 Å². The molecule has 1 aliphatic heterocycles. The Balaban J connectivity index is 0.000000366. The Kier molecular flexibility index (Phi) is 10.0. The number of nitrogens with zero attached hydrogens (tertiary/aromatic N) is 3. The van der Waals surface area contributed by atoms with Gasteiger partial charge in [0.15, 0.2) is 0 Å². The van der Waals surface area contributed by atoms with Crippen LogP contribution < -0.4 is 10.2 Å². The fourth-order valence-electron chi connectivity index (χ4n) is 3.82. The zero-order valence-corrected chi connectivity index (χ0v) is 19.5. The lowest BCUT2D eigenvalue weighted by Crippen LogP contribution is -2.24. The van der Waals surface area contributed by atoms with Crippen molar-refractivity contribution in [2.24, 2.45) is 0 Å². The van der Waals surface area contributed by atoms with Crippen LogP contribution in [0.15, 0.2) is 30.5 Å². The van der Waals surface area contributed by atoms with Crippen molar-refractivity contribution in [3.05, 3.63) is 47.3 Å². The molecule has 0 saturated carbocycles. The summed E-state index contributed by atoms with van der Waals surface area (Å²) in [6, 6.07) is 9.84. The Labute approximate surface area is 187 Å². The molecule has 0 radical (unpaired) electrons. The van der Waals surface area contributed by atoms with Crippen molar-refractivity contribution in [1.82, 2.24) is 10.3 Å². The van der Waals surface area contributed by atoms with E-state index >= 15 is 0 Å². The first-order chi connectivity index (χ1) is 15.0. The van der Waals surface area contributed by atoms with Crippen molar-refractivity contribution in [1.29, 1.82) is 5.26 Å². The highest BCUT2D eigenvalue weighted by molar-refractivity contribution is 5.92. The highest BCUT2D eigenvalue weighted by Crippen LogP contribution is 2.33. The third-order valence-electron chi connectivity index (χ3n) is 5.68. The van der Waals surface area contributed by atoms with Gasteiger partial charge in [-0.1, -0.05) is 58.4 Å². The van der Waals surface area contributed by atoms with E-state index in [0.29, 0.717) is 11.3 Å². The van der Waals surface area contributed by atoms with E-state index in [1.165, 1.54) is 44.1 Å². The molecule has 3 rings (SSSR count). The lowest BCUT2D eigenvalue weighted by atomic mass is 9.93. The number of pyridine rings is 1. The van der Waals surface area contributed by atoms with Crippen LogP contribution in [0.5, 0.6) is 0 Å². The molecule has 0 fully saturated rings. The van der Waals surface area contributed by atoms with Gasteiger partial charge in [0.1, 0.15) is 5.69 Å². The molecule has 1 amide bonds. The van der Waals surface area contributed by atoms with Crippen LogP contribution in [0.25, 0.3) is 11.1 Å². The number of nitrogens with one attached hydrogen (secondary N) is 1. The van der Waals surface area contributed by atoms with Gasteiger partial charge < -0.3 is 10.2 Å². The summed E-state index contributed by atoms with van der Waals surface area (Å²) < 4.78 is 0. The van der Waals surface area contributed by atoms with Gasteiger partial charge in [-0.15, -0.1) is 0 Å². The van der Waals surface area contributed by atoms with Gasteiger partial charge in [-0.2, -0.15) is 5.26 Å². The van der Waals surface area contributed by atoms with E-state index in [2.05, 4.69) is 48.2 Å². The number of carbonyl (C=O) groups is 1. The van der Waals surface area contributed by atoms with Crippen molar-refractivity contribution >= 4 is 11.6 Å². The van der Waals surface area contributed by atoms with E-state index < -0.39 is 0 Å². The van der Waals surface area contributed by atoms with Gasteiger partial charge in [0.25, 0.3) is 5.91 Å². The van der Waals surface area contributed by atoms with Crippen molar-refractivity contribution in [2.45, 2.75) is 65.2 Å². The maximum Gasteiger partial charge on any atom is 0.269 e. The summed E-state index contributed by atoms with van der Waals surface area (Å²) in [5.74, 6) is -0.218. The highest BCUT2D eigenvalue weighted by atomic mass is 16.1. The van der Waals surface area contributed by atoms with Crippen molar-refractivity contribution in [2.75, 3.05) is 25.5 Å². The second-order valence-corrected chi connectivity index (χ2v) is 8.09. The minimum absolute atomic E-state index is 0.218. The number of amides is 1. The van der Waals surface area contributed by atoms with Crippen molar-refractivity contribution in [3.8, 4) is 17.2 Å². The van der Waals surface area contributed by atoms with Gasteiger partial charge in [0, 0.05) is 43.7 Å². The van der Waals surface area contributed by atoms with Crippen LogP contribution in [0.2, 0.25) is 0 Å². The Bertz CT molecular complexity index is 878. The Morgan fingerprint density at radius 1 is 1.16 bits per heavy atom. The molecule has 1 N–H and O–H groups in total. The largest absolute Gasteiger partial charge is 0.374 e. The molecule has 31 heavy (non-hydrogen) atoms. The van der Waals surface area contributed by atoms with Gasteiger partial charge in [0.05, 0.1) is 11.6 Å². The first kappa shape index (κ1) is 24.4. The van der Waals surface area contributed by atoms with Crippen LogP contribution in [0.3, 0.4) is 0 Å². The van der Waals surface area contributed by atoms with E-state index in [4.69, 9.17) is 0 Å². The van der Waals surface area contributed by atoms with Crippen LogP contribution >= 0.6 is 0 Å².